The van der Waals surface area contributed by atoms with Crippen LogP contribution in [-0.2, 0) is 14.3 Å². The number of nitrogens with zero attached hydrogens (tertiary/aromatic N) is 1. The Labute approximate surface area is 157 Å². The Morgan fingerprint density at radius 1 is 1.35 bits per heavy atom. The predicted octanol–water partition coefficient (Wildman–Crippen LogP) is 2.76. The van der Waals surface area contributed by atoms with E-state index in [0.29, 0.717) is 18.2 Å². The molecule has 2 aromatic rings. The number of hydrogen-bond donors (Lipinski definition) is 2. The third kappa shape index (κ3) is 5.66. The first kappa shape index (κ1) is 20.1. The minimum atomic E-state index is -0.627. The van der Waals surface area contributed by atoms with Gasteiger partial charge in [-0.3, -0.25) is 4.79 Å². The van der Waals surface area contributed by atoms with Crippen molar-refractivity contribution in [2.45, 2.75) is 38.4 Å². The molecule has 0 aliphatic carbocycles. The van der Waals surface area contributed by atoms with Gasteiger partial charge in [0.1, 0.15) is 11.8 Å². The number of H-pyrrole nitrogens is 1. The van der Waals surface area contributed by atoms with E-state index in [9.17, 15) is 9.59 Å². The summed E-state index contributed by atoms with van der Waals surface area (Å²) in [5.41, 5.74) is 1.66. The maximum atomic E-state index is 12.2. The number of carbonyl (C=O) groups is 2. The summed E-state index contributed by atoms with van der Waals surface area (Å²) in [4.78, 5) is 31.6. The van der Waals surface area contributed by atoms with Gasteiger partial charge in [-0.1, -0.05) is 25.6 Å². The summed E-state index contributed by atoms with van der Waals surface area (Å²) < 4.78 is 10.2. The Balaban J connectivity index is 1.95. The standard InChI is InChI=1S/C18H25N3O4S/c1-5-25-12-6-7-13-14(9-12)21-18(20-13)26-10-16(22)19-15(8-11(2)3)17(23)24-4/h6-7,9,11,15H,5,8,10H2,1-4H3,(H,19,22)(H,20,21)/t15-/m0/s1. The van der Waals surface area contributed by atoms with Crippen LogP contribution in [0.25, 0.3) is 11.0 Å². The molecule has 1 atom stereocenters. The monoisotopic (exact) mass is 379 g/mol. The fraction of sp³-hybridized carbons (Fsp3) is 0.500. The molecule has 1 heterocycles. The molecular formula is C18H25N3O4S. The number of amides is 1. The van der Waals surface area contributed by atoms with Gasteiger partial charge in [0.25, 0.3) is 0 Å². The molecule has 26 heavy (non-hydrogen) atoms. The van der Waals surface area contributed by atoms with E-state index in [0.717, 1.165) is 16.8 Å². The molecule has 1 aromatic heterocycles. The van der Waals surface area contributed by atoms with Gasteiger partial charge in [0, 0.05) is 6.07 Å². The van der Waals surface area contributed by atoms with Crippen molar-refractivity contribution in [1.82, 2.24) is 15.3 Å². The number of esters is 1. The number of methoxy groups -OCH3 is 1. The number of ether oxygens (including phenoxy) is 2. The summed E-state index contributed by atoms with van der Waals surface area (Å²) in [6, 6.07) is 4.99. The summed E-state index contributed by atoms with van der Waals surface area (Å²) in [6.07, 6.45) is 0.536. The van der Waals surface area contributed by atoms with Crippen molar-refractivity contribution in [3.05, 3.63) is 18.2 Å². The number of aromatic nitrogens is 2. The minimum Gasteiger partial charge on any atom is -0.494 e. The van der Waals surface area contributed by atoms with Crippen molar-refractivity contribution in [1.29, 1.82) is 0 Å². The van der Waals surface area contributed by atoms with Crippen LogP contribution in [0.4, 0.5) is 0 Å². The van der Waals surface area contributed by atoms with E-state index in [1.165, 1.54) is 18.9 Å². The second kappa shape index (κ2) is 9.47. The first-order chi connectivity index (χ1) is 12.4. The second-order valence-electron chi connectivity index (χ2n) is 6.22. The summed E-state index contributed by atoms with van der Waals surface area (Å²) in [7, 11) is 1.32. The van der Waals surface area contributed by atoms with Crippen LogP contribution >= 0.6 is 11.8 Å². The molecule has 0 saturated heterocycles. The largest absolute Gasteiger partial charge is 0.494 e. The number of thioether (sulfide) groups is 1. The highest BCUT2D eigenvalue weighted by Gasteiger charge is 2.22. The average Bonchev–Trinajstić information content (AvgIpc) is 3.01. The molecule has 1 amide bonds. The van der Waals surface area contributed by atoms with Gasteiger partial charge in [-0.05, 0) is 31.4 Å². The van der Waals surface area contributed by atoms with Crippen LogP contribution in [0.5, 0.6) is 5.75 Å². The number of carbonyl (C=O) groups excluding carboxylic acids is 2. The number of benzene rings is 1. The lowest BCUT2D eigenvalue weighted by Gasteiger charge is -2.18. The Kier molecular flexibility index (Phi) is 7.32. The molecule has 0 aliphatic heterocycles. The normalized spacial score (nSPS) is 12.2. The number of aromatic amines is 1. The van der Waals surface area contributed by atoms with Crippen LogP contribution in [0, 0.1) is 5.92 Å². The number of rotatable bonds is 9. The SMILES string of the molecule is CCOc1ccc2nc(SCC(=O)N[C@@H](CC(C)C)C(=O)OC)[nH]c2c1. The molecule has 0 unspecified atom stereocenters. The lowest BCUT2D eigenvalue weighted by Crippen LogP contribution is -2.43. The molecule has 0 bridgehead atoms. The molecule has 0 radical (unpaired) electrons. The van der Waals surface area contributed by atoms with Gasteiger partial charge in [-0.2, -0.15) is 0 Å². The van der Waals surface area contributed by atoms with E-state index in [2.05, 4.69) is 15.3 Å². The number of fused-ring (bicyclic) bond motifs is 1. The van der Waals surface area contributed by atoms with Crippen molar-refractivity contribution >= 4 is 34.7 Å². The third-order valence-electron chi connectivity index (χ3n) is 3.61. The first-order valence-corrected chi connectivity index (χ1v) is 9.54. The van der Waals surface area contributed by atoms with Gasteiger partial charge < -0.3 is 19.8 Å². The number of nitrogens with one attached hydrogen (secondary N) is 2. The van der Waals surface area contributed by atoms with Crippen LogP contribution in [0.2, 0.25) is 0 Å². The van der Waals surface area contributed by atoms with E-state index in [1.807, 2.05) is 39.0 Å². The zero-order valence-electron chi connectivity index (χ0n) is 15.5. The Bertz CT molecular complexity index is 760. The quantitative estimate of drug-likeness (QED) is 0.514. The third-order valence-corrected chi connectivity index (χ3v) is 4.48. The molecule has 2 N–H and O–H groups in total. The van der Waals surface area contributed by atoms with E-state index in [1.54, 1.807) is 0 Å². The van der Waals surface area contributed by atoms with Gasteiger partial charge >= 0.3 is 5.97 Å². The number of imidazole rings is 1. The highest BCUT2D eigenvalue weighted by atomic mass is 32.2. The first-order valence-electron chi connectivity index (χ1n) is 8.55. The van der Waals surface area contributed by atoms with Crippen molar-refractivity contribution in [3.8, 4) is 5.75 Å². The van der Waals surface area contributed by atoms with Crippen LogP contribution in [0.15, 0.2) is 23.4 Å². The van der Waals surface area contributed by atoms with Crippen LogP contribution in [-0.4, -0.2) is 47.4 Å². The predicted molar refractivity (Wildman–Crippen MR) is 101 cm³/mol. The summed E-state index contributed by atoms with van der Waals surface area (Å²) in [6.45, 7) is 6.50. The van der Waals surface area contributed by atoms with Crippen molar-refractivity contribution in [2.75, 3.05) is 19.5 Å². The van der Waals surface area contributed by atoms with Crippen LogP contribution in [0.3, 0.4) is 0 Å². The highest BCUT2D eigenvalue weighted by molar-refractivity contribution is 7.99. The zero-order valence-corrected chi connectivity index (χ0v) is 16.3. The molecule has 0 saturated carbocycles. The smallest absolute Gasteiger partial charge is 0.328 e. The molecule has 0 spiro atoms. The minimum absolute atomic E-state index is 0.156. The lowest BCUT2D eigenvalue weighted by molar-refractivity contribution is -0.145. The average molecular weight is 379 g/mol. The summed E-state index contributed by atoms with van der Waals surface area (Å²) in [5.74, 6) is 0.532. The summed E-state index contributed by atoms with van der Waals surface area (Å²) in [5, 5.41) is 3.37. The summed E-state index contributed by atoms with van der Waals surface area (Å²) >= 11 is 1.28. The molecule has 2 rings (SSSR count). The van der Waals surface area contributed by atoms with Crippen LogP contribution < -0.4 is 10.1 Å². The molecule has 8 heteroatoms. The fourth-order valence-corrected chi connectivity index (χ4v) is 3.18. The number of hydrogen-bond acceptors (Lipinski definition) is 6. The van der Waals surface area contributed by atoms with Crippen LogP contribution in [0.1, 0.15) is 27.2 Å². The molecule has 1 aromatic carbocycles. The van der Waals surface area contributed by atoms with Crippen molar-refractivity contribution < 1.29 is 19.1 Å². The molecule has 142 valence electrons. The Morgan fingerprint density at radius 2 is 2.12 bits per heavy atom. The Morgan fingerprint density at radius 3 is 2.77 bits per heavy atom. The van der Waals surface area contributed by atoms with Gasteiger partial charge in [-0.15, -0.1) is 0 Å². The van der Waals surface area contributed by atoms with E-state index in [-0.39, 0.29) is 17.6 Å². The van der Waals surface area contributed by atoms with Gasteiger partial charge in [0.05, 0.1) is 30.5 Å². The van der Waals surface area contributed by atoms with E-state index < -0.39 is 12.0 Å². The Hall–Kier alpha value is -2.22. The lowest BCUT2D eigenvalue weighted by atomic mass is 10.0. The maximum Gasteiger partial charge on any atom is 0.328 e. The van der Waals surface area contributed by atoms with E-state index in [4.69, 9.17) is 9.47 Å². The second-order valence-corrected chi connectivity index (χ2v) is 7.18. The maximum absolute atomic E-state index is 12.2. The van der Waals surface area contributed by atoms with E-state index >= 15 is 0 Å². The molecular weight excluding hydrogens is 354 g/mol. The molecule has 0 aliphatic rings. The van der Waals surface area contributed by atoms with Gasteiger partial charge in [0.2, 0.25) is 5.91 Å². The van der Waals surface area contributed by atoms with Gasteiger partial charge in [0.15, 0.2) is 5.16 Å². The fourth-order valence-electron chi connectivity index (χ4n) is 2.49. The topological polar surface area (TPSA) is 93.3 Å². The van der Waals surface area contributed by atoms with Gasteiger partial charge in [-0.25, -0.2) is 9.78 Å². The molecule has 0 fully saturated rings. The van der Waals surface area contributed by atoms with Crippen molar-refractivity contribution in [2.24, 2.45) is 5.92 Å². The molecule has 7 nitrogen and oxygen atoms in total. The van der Waals surface area contributed by atoms with Crippen molar-refractivity contribution in [3.63, 3.8) is 0 Å². The highest BCUT2D eigenvalue weighted by Crippen LogP contribution is 2.23. The zero-order chi connectivity index (χ0) is 19.1.